The molecular weight excluding hydrogens is 398 g/mol. The van der Waals surface area contributed by atoms with E-state index in [4.69, 9.17) is 4.74 Å². The van der Waals surface area contributed by atoms with Gasteiger partial charge in [-0.25, -0.2) is 9.59 Å². The van der Waals surface area contributed by atoms with Gasteiger partial charge in [-0.05, 0) is 55.8 Å². The number of ketones is 1. The average molecular weight is 420 g/mol. The molecule has 2 N–H and O–H groups in total. The maximum absolute atomic E-state index is 12.1. The number of benzene rings is 2. The molecule has 2 aromatic rings. The first-order chi connectivity index (χ1) is 14.2. The number of ether oxygens (including phenoxy) is 2. The summed E-state index contributed by atoms with van der Waals surface area (Å²) in [5, 5.41) is 5.39. The molecule has 0 saturated heterocycles. The fourth-order valence-corrected chi connectivity index (χ4v) is 2.37. The van der Waals surface area contributed by atoms with Gasteiger partial charge in [-0.15, -0.1) is 0 Å². The average Bonchev–Trinajstić information content (AvgIpc) is 2.70. The summed E-state index contributed by atoms with van der Waals surface area (Å²) in [5.74, 6) is -1.24. The third kappa shape index (κ3) is 7.50. The van der Waals surface area contributed by atoms with Crippen molar-refractivity contribution in [3.63, 3.8) is 0 Å². The van der Waals surface area contributed by atoms with Crippen LogP contribution < -0.4 is 15.4 Å². The molecule has 0 aliphatic rings. The molecule has 0 saturated carbocycles. The Labute approximate surface area is 172 Å². The molecule has 160 valence electrons. The van der Waals surface area contributed by atoms with E-state index in [9.17, 15) is 23.2 Å². The number of urea groups is 1. The minimum Gasteiger partial charge on any atom is -0.454 e. The third-order valence-electron chi connectivity index (χ3n) is 3.80. The van der Waals surface area contributed by atoms with Crippen molar-refractivity contribution >= 4 is 17.8 Å². The van der Waals surface area contributed by atoms with Crippen LogP contribution in [0.15, 0.2) is 48.5 Å². The van der Waals surface area contributed by atoms with E-state index >= 15 is 0 Å². The lowest BCUT2D eigenvalue weighted by molar-refractivity contribution is -0.0498. The lowest BCUT2D eigenvalue weighted by atomic mass is 10.1. The standard InChI is InChI=1S/C21H22F2N2O5/c1-13(2)25-21(28)24-11-14-3-5-16(6-4-14)19(27)29-12-18(26)15-7-9-17(10-8-15)30-20(22)23/h3-10,13,20H,11-12H2,1-2H3,(H2,24,25,28). The maximum Gasteiger partial charge on any atom is 0.387 e. The first-order valence-corrected chi connectivity index (χ1v) is 9.13. The molecule has 0 atom stereocenters. The summed E-state index contributed by atoms with van der Waals surface area (Å²) in [6.07, 6.45) is 0. The zero-order chi connectivity index (χ0) is 22.1. The zero-order valence-electron chi connectivity index (χ0n) is 16.5. The van der Waals surface area contributed by atoms with E-state index < -0.39 is 25.0 Å². The molecule has 9 heteroatoms. The number of Topliss-reactive ketones (excluding diaryl/α,β-unsaturated/α-hetero) is 1. The predicted octanol–water partition coefficient (Wildman–Crippen LogP) is 3.54. The second-order valence-electron chi connectivity index (χ2n) is 6.58. The van der Waals surface area contributed by atoms with Gasteiger partial charge in [0.2, 0.25) is 0 Å². The number of hydrogen-bond donors (Lipinski definition) is 2. The van der Waals surface area contributed by atoms with Crippen molar-refractivity contribution in [2.24, 2.45) is 0 Å². The molecule has 0 aromatic heterocycles. The summed E-state index contributed by atoms with van der Waals surface area (Å²) in [4.78, 5) is 35.7. The number of hydrogen-bond acceptors (Lipinski definition) is 5. The van der Waals surface area contributed by atoms with Crippen LogP contribution in [0.3, 0.4) is 0 Å². The van der Waals surface area contributed by atoms with Gasteiger partial charge in [0.05, 0.1) is 5.56 Å². The van der Waals surface area contributed by atoms with Crippen LogP contribution >= 0.6 is 0 Å². The Hall–Kier alpha value is -3.49. The Morgan fingerprint density at radius 3 is 2.10 bits per heavy atom. The molecule has 7 nitrogen and oxygen atoms in total. The largest absolute Gasteiger partial charge is 0.454 e. The number of esters is 1. The molecule has 2 aromatic carbocycles. The Kier molecular flexibility index (Phi) is 8.28. The number of halogens is 2. The monoisotopic (exact) mass is 420 g/mol. The number of nitrogens with one attached hydrogen (secondary N) is 2. The normalized spacial score (nSPS) is 10.6. The molecule has 30 heavy (non-hydrogen) atoms. The fraction of sp³-hybridized carbons (Fsp3) is 0.286. The lowest BCUT2D eigenvalue weighted by Crippen LogP contribution is -2.39. The van der Waals surface area contributed by atoms with Gasteiger partial charge in [0.15, 0.2) is 12.4 Å². The topological polar surface area (TPSA) is 93.7 Å². The predicted molar refractivity (Wildman–Crippen MR) is 105 cm³/mol. The molecule has 0 bridgehead atoms. The maximum atomic E-state index is 12.1. The van der Waals surface area contributed by atoms with E-state index in [1.165, 1.54) is 36.4 Å². The highest BCUT2D eigenvalue weighted by atomic mass is 19.3. The van der Waals surface area contributed by atoms with Crippen molar-refractivity contribution in [3.05, 3.63) is 65.2 Å². The van der Waals surface area contributed by atoms with Crippen molar-refractivity contribution in [1.82, 2.24) is 10.6 Å². The molecule has 0 aliphatic carbocycles. The van der Waals surface area contributed by atoms with Crippen LogP contribution in [0, 0.1) is 0 Å². The smallest absolute Gasteiger partial charge is 0.387 e. The molecule has 0 unspecified atom stereocenters. The van der Waals surface area contributed by atoms with Crippen LogP contribution in [0.25, 0.3) is 0 Å². The molecule has 0 radical (unpaired) electrons. The molecule has 0 fully saturated rings. The van der Waals surface area contributed by atoms with Gasteiger partial charge >= 0.3 is 18.6 Å². The van der Waals surface area contributed by atoms with Crippen molar-refractivity contribution in [2.45, 2.75) is 33.0 Å². The number of carbonyl (C=O) groups is 3. The number of alkyl halides is 2. The van der Waals surface area contributed by atoms with Crippen molar-refractivity contribution in [2.75, 3.05) is 6.61 Å². The van der Waals surface area contributed by atoms with Gasteiger partial charge in [0.25, 0.3) is 0 Å². The zero-order valence-corrected chi connectivity index (χ0v) is 16.5. The Morgan fingerprint density at radius 2 is 1.53 bits per heavy atom. The highest BCUT2D eigenvalue weighted by Crippen LogP contribution is 2.15. The Bertz CT molecular complexity index is 868. The highest BCUT2D eigenvalue weighted by Gasteiger charge is 2.13. The summed E-state index contributed by atoms with van der Waals surface area (Å²) in [6, 6.07) is 11.2. The van der Waals surface area contributed by atoms with Crippen LogP contribution in [-0.2, 0) is 11.3 Å². The summed E-state index contributed by atoms with van der Waals surface area (Å²) >= 11 is 0. The molecule has 0 aliphatic heterocycles. The Balaban J connectivity index is 1.82. The van der Waals surface area contributed by atoms with E-state index in [0.29, 0.717) is 0 Å². The van der Waals surface area contributed by atoms with Crippen LogP contribution in [-0.4, -0.2) is 37.0 Å². The lowest BCUT2D eigenvalue weighted by Gasteiger charge is -2.10. The van der Waals surface area contributed by atoms with E-state index in [1.54, 1.807) is 12.1 Å². The van der Waals surface area contributed by atoms with Crippen LogP contribution in [0.5, 0.6) is 5.75 Å². The quantitative estimate of drug-likeness (QED) is 0.478. The summed E-state index contributed by atoms with van der Waals surface area (Å²) in [6.45, 7) is 0.542. The first kappa shape index (κ1) is 22.8. The van der Waals surface area contributed by atoms with E-state index in [-0.39, 0.29) is 35.5 Å². The number of rotatable bonds is 9. The van der Waals surface area contributed by atoms with Gasteiger partial charge in [-0.1, -0.05) is 12.1 Å². The van der Waals surface area contributed by atoms with Crippen LogP contribution in [0.1, 0.15) is 40.1 Å². The summed E-state index contributed by atoms with van der Waals surface area (Å²) in [7, 11) is 0. The SMILES string of the molecule is CC(C)NC(=O)NCc1ccc(C(=O)OCC(=O)c2ccc(OC(F)F)cc2)cc1. The van der Waals surface area contributed by atoms with E-state index in [2.05, 4.69) is 15.4 Å². The second-order valence-corrected chi connectivity index (χ2v) is 6.58. The molecular formula is C21H22F2N2O5. The Morgan fingerprint density at radius 1 is 0.933 bits per heavy atom. The minimum atomic E-state index is -2.95. The van der Waals surface area contributed by atoms with Crippen molar-refractivity contribution in [1.29, 1.82) is 0 Å². The highest BCUT2D eigenvalue weighted by molar-refractivity contribution is 5.99. The fourth-order valence-electron chi connectivity index (χ4n) is 2.37. The van der Waals surface area contributed by atoms with Gasteiger partial charge < -0.3 is 20.1 Å². The van der Waals surface area contributed by atoms with Gasteiger partial charge in [-0.3, -0.25) is 4.79 Å². The summed E-state index contributed by atoms with van der Waals surface area (Å²) < 4.78 is 33.5. The third-order valence-corrected chi connectivity index (χ3v) is 3.80. The van der Waals surface area contributed by atoms with Gasteiger partial charge in [0, 0.05) is 18.2 Å². The van der Waals surface area contributed by atoms with Crippen LogP contribution in [0.2, 0.25) is 0 Å². The molecule has 2 rings (SSSR count). The van der Waals surface area contributed by atoms with Gasteiger partial charge in [-0.2, -0.15) is 8.78 Å². The summed E-state index contributed by atoms with van der Waals surface area (Å²) in [5.41, 5.74) is 1.23. The minimum absolute atomic E-state index is 0.0220. The molecule has 0 spiro atoms. The second kappa shape index (κ2) is 10.9. The first-order valence-electron chi connectivity index (χ1n) is 9.13. The molecule has 2 amide bonds. The molecule has 0 heterocycles. The number of amides is 2. The van der Waals surface area contributed by atoms with Crippen molar-refractivity contribution in [3.8, 4) is 5.75 Å². The van der Waals surface area contributed by atoms with E-state index in [0.717, 1.165) is 5.56 Å². The van der Waals surface area contributed by atoms with Crippen molar-refractivity contribution < 1.29 is 32.6 Å². The van der Waals surface area contributed by atoms with Gasteiger partial charge in [0.1, 0.15) is 5.75 Å². The number of carbonyl (C=O) groups excluding carboxylic acids is 3. The van der Waals surface area contributed by atoms with E-state index in [1.807, 2.05) is 13.8 Å². The van der Waals surface area contributed by atoms with Crippen LogP contribution in [0.4, 0.5) is 13.6 Å².